The first-order valence-electron chi connectivity index (χ1n) is 5.91. The van der Waals surface area contributed by atoms with Crippen molar-refractivity contribution in [1.82, 2.24) is 5.32 Å². The zero-order chi connectivity index (χ0) is 9.42. The third kappa shape index (κ3) is 2.46. The summed E-state index contributed by atoms with van der Waals surface area (Å²) in [5.41, 5.74) is 0. The molecule has 2 aliphatic carbocycles. The largest absolute Gasteiger partial charge is 0.311 e. The Balaban J connectivity index is 1.78. The van der Waals surface area contributed by atoms with Gasteiger partial charge in [-0.3, -0.25) is 0 Å². The molecule has 0 bridgehead atoms. The van der Waals surface area contributed by atoms with E-state index in [1.165, 1.54) is 25.7 Å². The Morgan fingerprint density at radius 2 is 1.38 bits per heavy atom. The summed E-state index contributed by atoms with van der Waals surface area (Å²) >= 11 is 0. The van der Waals surface area contributed by atoms with Gasteiger partial charge in [-0.15, -0.1) is 0 Å². The molecule has 0 spiro atoms. The Hall–Kier alpha value is -0.0400. The summed E-state index contributed by atoms with van der Waals surface area (Å²) in [5, 5.41) is 3.80. The average molecular weight is 181 g/mol. The Morgan fingerprint density at radius 1 is 0.846 bits per heavy atom. The standard InChI is InChI=1S/C12H23N/c1-8-4-9(2)6-11(5-8)13-12-7-10(12)3/h8-13H,4-7H2,1-3H3/t8?,9?,10-,11?,12-/m1/s1. The minimum Gasteiger partial charge on any atom is -0.311 e. The lowest BCUT2D eigenvalue weighted by molar-refractivity contribution is 0.236. The van der Waals surface area contributed by atoms with E-state index in [0.717, 1.165) is 29.8 Å². The fourth-order valence-corrected chi connectivity index (χ4v) is 2.94. The number of hydrogen-bond donors (Lipinski definition) is 1. The molecule has 2 fully saturated rings. The smallest absolute Gasteiger partial charge is 0.00989 e. The summed E-state index contributed by atoms with van der Waals surface area (Å²) in [4.78, 5) is 0. The SMILES string of the molecule is CC1CC(C)CC(N[C@@H]2C[C@H]2C)C1. The predicted molar refractivity (Wildman–Crippen MR) is 56.7 cm³/mol. The highest BCUT2D eigenvalue weighted by molar-refractivity contribution is 4.93. The molecule has 2 unspecified atom stereocenters. The number of nitrogens with one attached hydrogen (secondary N) is 1. The summed E-state index contributed by atoms with van der Waals surface area (Å²) < 4.78 is 0. The van der Waals surface area contributed by atoms with E-state index in [0.29, 0.717) is 0 Å². The van der Waals surface area contributed by atoms with Crippen LogP contribution in [0.5, 0.6) is 0 Å². The van der Waals surface area contributed by atoms with Crippen molar-refractivity contribution in [3.63, 3.8) is 0 Å². The third-order valence-electron chi connectivity index (χ3n) is 3.74. The van der Waals surface area contributed by atoms with Gasteiger partial charge >= 0.3 is 0 Å². The van der Waals surface area contributed by atoms with Crippen LogP contribution in [0.1, 0.15) is 46.5 Å². The second-order valence-electron chi connectivity index (χ2n) is 5.60. The lowest BCUT2D eigenvalue weighted by atomic mass is 9.80. The Kier molecular flexibility index (Phi) is 2.64. The van der Waals surface area contributed by atoms with Crippen LogP contribution in [0.15, 0.2) is 0 Å². The molecule has 1 heteroatoms. The van der Waals surface area contributed by atoms with Crippen LogP contribution in [0.3, 0.4) is 0 Å². The van der Waals surface area contributed by atoms with Crippen LogP contribution < -0.4 is 5.32 Å². The molecule has 0 aromatic carbocycles. The number of hydrogen-bond acceptors (Lipinski definition) is 1. The molecular weight excluding hydrogens is 158 g/mol. The summed E-state index contributed by atoms with van der Waals surface area (Å²) in [6.07, 6.45) is 5.68. The van der Waals surface area contributed by atoms with Crippen LogP contribution in [-0.4, -0.2) is 12.1 Å². The maximum atomic E-state index is 3.80. The molecule has 2 saturated carbocycles. The molecule has 0 radical (unpaired) electrons. The van der Waals surface area contributed by atoms with Gasteiger partial charge in [0.05, 0.1) is 0 Å². The van der Waals surface area contributed by atoms with Crippen molar-refractivity contribution < 1.29 is 0 Å². The fraction of sp³-hybridized carbons (Fsp3) is 1.00. The van der Waals surface area contributed by atoms with Gasteiger partial charge in [0.2, 0.25) is 0 Å². The molecule has 0 aromatic heterocycles. The molecule has 0 amide bonds. The second kappa shape index (κ2) is 3.61. The number of rotatable bonds is 2. The second-order valence-corrected chi connectivity index (χ2v) is 5.60. The van der Waals surface area contributed by atoms with E-state index < -0.39 is 0 Å². The normalized spacial score (nSPS) is 50.5. The first-order valence-corrected chi connectivity index (χ1v) is 5.91. The van der Waals surface area contributed by atoms with Crippen LogP contribution in [0.25, 0.3) is 0 Å². The van der Waals surface area contributed by atoms with E-state index in [9.17, 15) is 0 Å². The molecule has 1 N–H and O–H groups in total. The van der Waals surface area contributed by atoms with Crippen molar-refractivity contribution in [3.05, 3.63) is 0 Å². The van der Waals surface area contributed by atoms with E-state index in [-0.39, 0.29) is 0 Å². The quantitative estimate of drug-likeness (QED) is 0.690. The van der Waals surface area contributed by atoms with Crippen LogP contribution in [-0.2, 0) is 0 Å². The van der Waals surface area contributed by atoms with Crippen LogP contribution in [0, 0.1) is 17.8 Å². The summed E-state index contributed by atoms with van der Waals surface area (Å²) in [6, 6.07) is 1.69. The van der Waals surface area contributed by atoms with Gasteiger partial charge in [-0.2, -0.15) is 0 Å². The van der Waals surface area contributed by atoms with E-state index in [2.05, 4.69) is 26.1 Å². The van der Waals surface area contributed by atoms with Gasteiger partial charge in [0.1, 0.15) is 0 Å². The van der Waals surface area contributed by atoms with Crippen molar-refractivity contribution in [2.75, 3.05) is 0 Å². The molecule has 1 nitrogen and oxygen atoms in total. The molecule has 2 rings (SSSR count). The summed E-state index contributed by atoms with van der Waals surface area (Å²) in [7, 11) is 0. The zero-order valence-corrected chi connectivity index (χ0v) is 9.22. The van der Waals surface area contributed by atoms with E-state index in [1.807, 2.05) is 0 Å². The zero-order valence-electron chi connectivity index (χ0n) is 9.22. The molecule has 0 saturated heterocycles. The third-order valence-corrected chi connectivity index (χ3v) is 3.74. The van der Waals surface area contributed by atoms with Crippen molar-refractivity contribution in [2.24, 2.45) is 17.8 Å². The maximum Gasteiger partial charge on any atom is 0.00989 e. The molecule has 76 valence electrons. The summed E-state index contributed by atoms with van der Waals surface area (Å²) in [6.45, 7) is 7.16. The maximum absolute atomic E-state index is 3.80. The topological polar surface area (TPSA) is 12.0 Å². The highest BCUT2D eigenvalue weighted by Crippen LogP contribution is 2.34. The molecule has 0 heterocycles. The minimum atomic E-state index is 0.827. The monoisotopic (exact) mass is 181 g/mol. The molecule has 0 aliphatic heterocycles. The Bertz CT molecular complexity index is 168. The van der Waals surface area contributed by atoms with Gasteiger partial charge in [-0.1, -0.05) is 20.8 Å². The predicted octanol–water partition coefficient (Wildman–Crippen LogP) is 2.81. The molecular formula is C12H23N. The van der Waals surface area contributed by atoms with Crippen LogP contribution in [0.2, 0.25) is 0 Å². The Morgan fingerprint density at radius 3 is 1.85 bits per heavy atom. The van der Waals surface area contributed by atoms with Crippen LogP contribution >= 0.6 is 0 Å². The van der Waals surface area contributed by atoms with E-state index in [4.69, 9.17) is 0 Å². The van der Waals surface area contributed by atoms with Gasteiger partial charge in [-0.25, -0.2) is 0 Å². The minimum absolute atomic E-state index is 0.827. The fourth-order valence-electron chi connectivity index (χ4n) is 2.94. The highest BCUT2D eigenvalue weighted by atomic mass is 15.0. The summed E-state index contributed by atoms with van der Waals surface area (Å²) in [5.74, 6) is 2.83. The van der Waals surface area contributed by atoms with Gasteiger partial charge in [-0.05, 0) is 43.4 Å². The molecule has 2 aliphatic rings. The van der Waals surface area contributed by atoms with Crippen molar-refractivity contribution in [1.29, 1.82) is 0 Å². The van der Waals surface area contributed by atoms with Crippen LogP contribution in [0.4, 0.5) is 0 Å². The Labute approximate surface area is 82.3 Å². The van der Waals surface area contributed by atoms with Gasteiger partial charge in [0, 0.05) is 12.1 Å². The highest BCUT2D eigenvalue weighted by Gasteiger charge is 2.35. The molecule has 0 aromatic rings. The van der Waals surface area contributed by atoms with Crippen molar-refractivity contribution >= 4 is 0 Å². The van der Waals surface area contributed by atoms with Gasteiger partial charge in [0.15, 0.2) is 0 Å². The van der Waals surface area contributed by atoms with Gasteiger partial charge in [0.25, 0.3) is 0 Å². The first kappa shape index (κ1) is 9.51. The van der Waals surface area contributed by atoms with E-state index in [1.54, 1.807) is 0 Å². The van der Waals surface area contributed by atoms with Gasteiger partial charge < -0.3 is 5.32 Å². The lowest BCUT2D eigenvalue weighted by Crippen LogP contribution is -2.38. The first-order chi connectivity index (χ1) is 6.15. The average Bonchev–Trinajstić information content (AvgIpc) is 2.63. The van der Waals surface area contributed by atoms with E-state index >= 15 is 0 Å². The van der Waals surface area contributed by atoms with Crippen molar-refractivity contribution in [2.45, 2.75) is 58.5 Å². The lowest BCUT2D eigenvalue weighted by Gasteiger charge is -2.32. The van der Waals surface area contributed by atoms with Crippen molar-refractivity contribution in [3.8, 4) is 0 Å². The molecule has 4 atom stereocenters. The molecule has 13 heavy (non-hydrogen) atoms.